The third kappa shape index (κ3) is 3.32. The summed E-state index contributed by atoms with van der Waals surface area (Å²) in [6.45, 7) is 3.61. The van der Waals surface area contributed by atoms with Gasteiger partial charge >= 0.3 is 0 Å². The van der Waals surface area contributed by atoms with Gasteiger partial charge in [0.05, 0.1) is 0 Å². The number of nitrogens with two attached hydrogens (primary N) is 1. The van der Waals surface area contributed by atoms with Gasteiger partial charge in [-0.05, 0) is 25.2 Å². The molecule has 1 aliphatic heterocycles. The van der Waals surface area contributed by atoms with E-state index < -0.39 is 0 Å². The molecule has 1 fully saturated rings. The van der Waals surface area contributed by atoms with Crippen LogP contribution in [0.25, 0.3) is 0 Å². The van der Waals surface area contributed by atoms with Crippen LogP contribution in [0.15, 0.2) is 12.2 Å². The van der Waals surface area contributed by atoms with Gasteiger partial charge in [-0.3, -0.25) is 4.90 Å². The average Bonchev–Trinajstić information content (AvgIpc) is 2.46. The van der Waals surface area contributed by atoms with Gasteiger partial charge < -0.3 is 5.73 Å². The maximum Gasteiger partial charge on any atom is 0.0163 e. The average molecular weight is 208 g/mol. The van der Waals surface area contributed by atoms with Crippen molar-refractivity contribution in [2.24, 2.45) is 11.7 Å². The van der Waals surface area contributed by atoms with Crippen molar-refractivity contribution in [1.82, 2.24) is 4.90 Å². The molecular weight excluding hydrogens is 184 g/mol. The Hall–Kier alpha value is -0.340. The zero-order valence-corrected chi connectivity index (χ0v) is 9.70. The first-order valence-corrected chi connectivity index (χ1v) is 6.49. The molecule has 2 aliphatic rings. The molecule has 2 rings (SSSR count). The smallest absolute Gasteiger partial charge is 0.0163 e. The first-order chi connectivity index (χ1) is 7.36. The van der Waals surface area contributed by atoms with Crippen LogP contribution in [0.2, 0.25) is 0 Å². The van der Waals surface area contributed by atoms with Crippen molar-refractivity contribution in [2.45, 2.75) is 44.6 Å². The molecule has 2 atom stereocenters. The van der Waals surface area contributed by atoms with E-state index in [2.05, 4.69) is 17.1 Å². The standard InChI is InChI=1S/C13H24N2/c14-13-8-4-1-3-7-12(13)11-15-9-5-2-6-10-15/h2,5,12-13H,1,3-4,6-11,14H2. The Labute approximate surface area is 93.5 Å². The molecule has 0 aromatic heterocycles. The van der Waals surface area contributed by atoms with E-state index in [1.54, 1.807) is 0 Å². The van der Waals surface area contributed by atoms with Crippen LogP contribution in [-0.2, 0) is 0 Å². The van der Waals surface area contributed by atoms with E-state index in [4.69, 9.17) is 5.73 Å². The fourth-order valence-corrected chi connectivity index (χ4v) is 2.83. The van der Waals surface area contributed by atoms with Crippen LogP contribution in [0.5, 0.6) is 0 Å². The monoisotopic (exact) mass is 208 g/mol. The first-order valence-electron chi connectivity index (χ1n) is 6.49. The highest BCUT2D eigenvalue weighted by Crippen LogP contribution is 2.23. The van der Waals surface area contributed by atoms with E-state index in [0.29, 0.717) is 6.04 Å². The van der Waals surface area contributed by atoms with E-state index >= 15 is 0 Å². The van der Waals surface area contributed by atoms with Crippen LogP contribution < -0.4 is 5.73 Å². The second-order valence-corrected chi connectivity index (χ2v) is 5.08. The molecule has 2 N–H and O–H groups in total. The molecule has 1 aliphatic carbocycles. The molecule has 0 amide bonds. The summed E-state index contributed by atoms with van der Waals surface area (Å²) in [5.74, 6) is 0.749. The molecule has 0 aromatic carbocycles. The fraction of sp³-hybridized carbons (Fsp3) is 0.846. The van der Waals surface area contributed by atoms with Crippen molar-refractivity contribution in [1.29, 1.82) is 0 Å². The van der Waals surface area contributed by atoms with Crippen molar-refractivity contribution >= 4 is 0 Å². The van der Waals surface area contributed by atoms with Gasteiger partial charge in [0.25, 0.3) is 0 Å². The molecule has 0 radical (unpaired) electrons. The molecule has 1 heterocycles. The summed E-state index contributed by atoms with van der Waals surface area (Å²) in [7, 11) is 0. The van der Waals surface area contributed by atoms with E-state index in [0.717, 1.165) is 12.5 Å². The van der Waals surface area contributed by atoms with E-state index in [9.17, 15) is 0 Å². The summed E-state index contributed by atoms with van der Waals surface area (Å²) in [6, 6.07) is 0.457. The zero-order chi connectivity index (χ0) is 10.5. The van der Waals surface area contributed by atoms with Crippen LogP contribution >= 0.6 is 0 Å². The molecule has 86 valence electrons. The summed E-state index contributed by atoms with van der Waals surface area (Å²) in [4.78, 5) is 2.57. The Morgan fingerprint density at radius 3 is 2.80 bits per heavy atom. The largest absolute Gasteiger partial charge is 0.327 e. The molecule has 0 spiro atoms. The number of rotatable bonds is 2. The van der Waals surface area contributed by atoms with Crippen LogP contribution in [0.4, 0.5) is 0 Å². The van der Waals surface area contributed by atoms with Crippen molar-refractivity contribution < 1.29 is 0 Å². The van der Waals surface area contributed by atoms with Gasteiger partial charge in [0.15, 0.2) is 0 Å². The van der Waals surface area contributed by atoms with Gasteiger partial charge in [-0.1, -0.05) is 31.4 Å². The predicted octanol–water partition coefficient (Wildman–Crippen LogP) is 2.16. The second kappa shape index (κ2) is 5.66. The molecule has 2 nitrogen and oxygen atoms in total. The Bertz CT molecular complexity index is 213. The Morgan fingerprint density at radius 2 is 2.00 bits per heavy atom. The number of hydrogen-bond donors (Lipinski definition) is 1. The van der Waals surface area contributed by atoms with Crippen molar-refractivity contribution in [3.63, 3.8) is 0 Å². The molecule has 0 bridgehead atoms. The SMILES string of the molecule is NC1CCCCCC1CN1CC=CCC1. The minimum atomic E-state index is 0.457. The van der Waals surface area contributed by atoms with Crippen molar-refractivity contribution in [3.8, 4) is 0 Å². The fourth-order valence-electron chi connectivity index (χ4n) is 2.83. The van der Waals surface area contributed by atoms with Gasteiger partial charge in [0.1, 0.15) is 0 Å². The highest BCUT2D eigenvalue weighted by molar-refractivity contribution is 4.92. The molecule has 2 heteroatoms. The normalized spacial score (nSPS) is 33.9. The maximum atomic E-state index is 6.25. The quantitative estimate of drug-likeness (QED) is 0.556. The third-order valence-corrected chi connectivity index (χ3v) is 3.85. The van der Waals surface area contributed by atoms with E-state index in [1.807, 2.05) is 0 Å². The lowest BCUT2D eigenvalue weighted by Crippen LogP contribution is -2.40. The van der Waals surface area contributed by atoms with Gasteiger partial charge in [-0.15, -0.1) is 0 Å². The highest BCUT2D eigenvalue weighted by Gasteiger charge is 2.22. The molecule has 1 saturated carbocycles. The third-order valence-electron chi connectivity index (χ3n) is 3.85. The lowest BCUT2D eigenvalue weighted by molar-refractivity contribution is 0.221. The maximum absolute atomic E-state index is 6.25. The topological polar surface area (TPSA) is 29.3 Å². The Kier molecular flexibility index (Phi) is 4.21. The molecule has 0 saturated heterocycles. The minimum absolute atomic E-state index is 0.457. The Morgan fingerprint density at radius 1 is 1.13 bits per heavy atom. The van der Waals surface area contributed by atoms with Crippen LogP contribution in [0.1, 0.15) is 38.5 Å². The van der Waals surface area contributed by atoms with Gasteiger partial charge in [0.2, 0.25) is 0 Å². The molecule has 15 heavy (non-hydrogen) atoms. The summed E-state index contributed by atoms with van der Waals surface area (Å²) < 4.78 is 0. The van der Waals surface area contributed by atoms with Crippen LogP contribution in [0.3, 0.4) is 0 Å². The van der Waals surface area contributed by atoms with Gasteiger partial charge in [-0.25, -0.2) is 0 Å². The van der Waals surface area contributed by atoms with E-state index in [1.165, 1.54) is 51.6 Å². The lowest BCUT2D eigenvalue weighted by atomic mass is 9.94. The van der Waals surface area contributed by atoms with Crippen molar-refractivity contribution in [3.05, 3.63) is 12.2 Å². The summed E-state index contributed by atoms with van der Waals surface area (Å²) in [5, 5.41) is 0. The second-order valence-electron chi connectivity index (χ2n) is 5.08. The first kappa shape index (κ1) is 11.2. The minimum Gasteiger partial charge on any atom is -0.327 e. The number of hydrogen-bond acceptors (Lipinski definition) is 2. The lowest BCUT2D eigenvalue weighted by Gasteiger charge is -2.30. The molecule has 2 unspecified atom stereocenters. The highest BCUT2D eigenvalue weighted by atomic mass is 15.1. The molecule has 0 aromatic rings. The van der Waals surface area contributed by atoms with Gasteiger partial charge in [-0.2, -0.15) is 0 Å². The van der Waals surface area contributed by atoms with E-state index in [-0.39, 0.29) is 0 Å². The zero-order valence-electron chi connectivity index (χ0n) is 9.70. The summed E-state index contributed by atoms with van der Waals surface area (Å²) >= 11 is 0. The molecular formula is C13H24N2. The predicted molar refractivity (Wildman–Crippen MR) is 64.7 cm³/mol. The number of nitrogens with zero attached hydrogens (tertiary/aromatic N) is 1. The van der Waals surface area contributed by atoms with Crippen LogP contribution in [-0.4, -0.2) is 30.6 Å². The Balaban J connectivity index is 1.82. The van der Waals surface area contributed by atoms with Gasteiger partial charge in [0, 0.05) is 25.7 Å². The summed E-state index contributed by atoms with van der Waals surface area (Å²) in [6.07, 6.45) is 12.5. The summed E-state index contributed by atoms with van der Waals surface area (Å²) in [5.41, 5.74) is 6.25. The van der Waals surface area contributed by atoms with Crippen LogP contribution in [0, 0.1) is 5.92 Å². The van der Waals surface area contributed by atoms with Crippen molar-refractivity contribution in [2.75, 3.05) is 19.6 Å².